The molecule has 0 spiro atoms. The lowest BCUT2D eigenvalue weighted by Gasteiger charge is -2.38. The Kier molecular flexibility index (Phi) is 9.18. The van der Waals surface area contributed by atoms with Crippen LogP contribution in [0.5, 0.6) is 0 Å². The molecule has 0 heterocycles. The van der Waals surface area contributed by atoms with Crippen LogP contribution in [-0.2, 0) is 27.2 Å². The second kappa shape index (κ2) is 12.1. The van der Waals surface area contributed by atoms with E-state index >= 15 is 0 Å². The smallest absolute Gasteiger partial charge is 0.242 e. The van der Waals surface area contributed by atoms with Crippen molar-refractivity contribution in [3.63, 3.8) is 0 Å². The Bertz CT molecular complexity index is 852. The quantitative estimate of drug-likeness (QED) is 0.481. The molecule has 0 unspecified atom stereocenters. The first-order valence-electron chi connectivity index (χ1n) is 11.4. The first kappa shape index (κ1) is 24.3. The summed E-state index contributed by atoms with van der Waals surface area (Å²) in [5, 5.41) is 5.69. The first-order chi connectivity index (χ1) is 15.6. The third kappa shape index (κ3) is 6.59. The van der Waals surface area contributed by atoms with Crippen molar-refractivity contribution in [1.29, 1.82) is 0 Å². The van der Waals surface area contributed by atoms with E-state index in [2.05, 4.69) is 35.4 Å². The van der Waals surface area contributed by atoms with Gasteiger partial charge in [-0.2, -0.15) is 12.6 Å². The molecule has 32 heavy (non-hydrogen) atoms. The van der Waals surface area contributed by atoms with E-state index in [-0.39, 0.29) is 17.9 Å². The molecule has 0 saturated heterocycles. The van der Waals surface area contributed by atoms with Crippen LogP contribution in [-0.4, -0.2) is 43.4 Å². The largest absolute Gasteiger partial charge is 0.378 e. The standard InChI is InChI=1S/C26H34N2O3S/c1-27-24(29)23(18-21-10-6-3-7-11-21)28-25(30)26(19-32)15-12-22(13-16-26)31-17-14-20-8-4-2-5-9-20/h2-11,22-23,32H,12-19H2,1H3,(H,27,29)(H,28,30)/t22-,23-,26+/m0/s1. The summed E-state index contributed by atoms with van der Waals surface area (Å²) in [7, 11) is 1.60. The monoisotopic (exact) mass is 454 g/mol. The summed E-state index contributed by atoms with van der Waals surface area (Å²) < 4.78 is 6.10. The normalized spacial score (nSPS) is 21.5. The van der Waals surface area contributed by atoms with E-state index < -0.39 is 11.5 Å². The number of rotatable bonds is 10. The van der Waals surface area contributed by atoms with Crippen molar-refractivity contribution in [2.45, 2.75) is 50.7 Å². The van der Waals surface area contributed by atoms with Crippen LogP contribution in [0.2, 0.25) is 0 Å². The number of benzene rings is 2. The summed E-state index contributed by atoms with van der Waals surface area (Å²) >= 11 is 4.53. The number of hydrogen-bond acceptors (Lipinski definition) is 4. The van der Waals surface area contributed by atoms with E-state index in [0.717, 1.165) is 24.8 Å². The van der Waals surface area contributed by atoms with Crippen LogP contribution in [0.25, 0.3) is 0 Å². The number of amides is 2. The number of nitrogens with one attached hydrogen (secondary N) is 2. The van der Waals surface area contributed by atoms with Crippen LogP contribution >= 0.6 is 12.6 Å². The number of likely N-dealkylation sites (N-methyl/N-ethyl adjacent to an activating group) is 1. The zero-order chi connectivity index (χ0) is 22.8. The lowest BCUT2D eigenvalue weighted by Crippen LogP contribution is -2.53. The van der Waals surface area contributed by atoms with Gasteiger partial charge < -0.3 is 15.4 Å². The Morgan fingerprint density at radius 2 is 1.62 bits per heavy atom. The zero-order valence-corrected chi connectivity index (χ0v) is 19.7. The molecule has 1 aliphatic rings. The van der Waals surface area contributed by atoms with Gasteiger partial charge in [-0.1, -0.05) is 60.7 Å². The maximum Gasteiger partial charge on any atom is 0.242 e. The highest BCUT2D eigenvalue weighted by molar-refractivity contribution is 7.80. The van der Waals surface area contributed by atoms with E-state index in [1.165, 1.54) is 5.56 Å². The molecule has 0 aromatic heterocycles. The van der Waals surface area contributed by atoms with Gasteiger partial charge in [0.15, 0.2) is 0 Å². The highest BCUT2D eigenvalue weighted by Gasteiger charge is 2.42. The summed E-state index contributed by atoms with van der Waals surface area (Å²) in [6.45, 7) is 0.685. The average Bonchev–Trinajstić information content (AvgIpc) is 2.85. The minimum Gasteiger partial charge on any atom is -0.378 e. The van der Waals surface area contributed by atoms with Gasteiger partial charge in [-0.15, -0.1) is 0 Å². The Morgan fingerprint density at radius 3 is 2.19 bits per heavy atom. The van der Waals surface area contributed by atoms with Gasteiger partial charge in [-0.3, -0.25) is 9.59 Å². The maximum atomic E-state index is 13.3. The minimum atomic E-state index is -0.605. The van der Waals surface area contributed by atoms with Crippen molar-refractivity contribution in [1.82, 2.24) is 10.6 Å². The molecular formula is C26H34N2O3S. The van der Waals surface area contributed by atoms with Gasteiger partial charge in [-0.05, 0) is 43.2 Å². The maximum absolute atomic E-state index is 13.3. The Hall–Kier alpha value is -2.31. The predicted molar refractivity (Wildman–Crippen MR) is 131 cm³/mol. The van der Waals surface area contributed by atoms with Crippen molar-refractivity contribution in [3.05, 3.63) is 71.8 Å². The summed E-state index contributed by atoms with van der Waals surface area (Å²) in [5.41, 5.74) is 1.72. The lowest BCUT2D eigenvalue weighted by molar-refractivity contribution is -0.137. The Balaban J connectivity index is 1.54. The summed E-state index contributed by atoms with van der Waals surface area (Å²) in [6.07, 6.45) is 4.59. The molecule has 1 saturated carbocycles. The van der Waals surface area contributed by atoms with Crippen LogP contribution in [0.3, 0.4) is 0 Å². The van der Waals surface area contributed by atoms with E-state index in [0.29, 0.717) is 31.6 Å². The molecule has 3 rings (SSSR count). The molecule has 0 radical (unpaired) electrons. The predicted octanol–water partition coefficient (Wildman–Crippen LogP) is 3.58. The Morgan fingerprint density at radius 1 is 1.03 bits per heavy atom. The van der Waals surface area contributed by atoms with E-state index in [1.54, 1.807) is 7.05 Å². The minimum absolute atomic E-state index is 0.0835. The van der Waals surface area contributed by atoms with E-state index in [4.69, 9.17) is 4.74 Å². The molecule has 2 amide bonds. The van der Waals surface area contributed by atoms with Gasteiger partial charge in [0, 0.05) is 19.2 Å². The van der Waals surface area contributed by atoms with Gasteiger partial charge in [0.05, 0.1) is 18.1 Å². The number of carbonyl (C=O) groups excluding carboxylic acids is 2. The fourth-order valence-corrected chi connectivity index (χ4v) is 4.76. The van der Waals surface area contributed by atoms with Gasteiger partial charge in [0.25, 0.3) is 0 Å². The van der Waals surface area contributed by atoms with Gasteiger partial charge >= 0.3 is 0 Å². The van der Waals surface area contributed by atoms with Crippen molar-refractivity contribution < 1.29 is 14.3 Å². The molecule has 6 heteroatoms. The van der Waals surface area contributed by atoms with Crippen LogP contribution in [0.4, 0.5) is 0 Å². The third-order valence-electron chi connectivity index (χ3n) is 6.41. The number of thiol groups is 1. The fraction of sp³-hybridized carbons (Fsp3) is 0.462. The molecule has 0 aliphatic heterocycles. The molecule has 2 N–H and O–H groups in total. The van der Waals surface area contributed by atoms with E-state index in [9.17, 15) is 9.59 Å². The SMILES string of the molecule is CNC(=O)[C@H](Cc1ccccc1)NC(=O)[C@]1(CS)CC[C@H](OCCc2ccccc2)CC1. The summed E-state index contributed by atoms with van der Waals surface area (Å²) in [5.74, 6) is 0.190. The van der Waals surface area contributed by atoms with Crippen molar-refractivity contribution in [2.75, 3.05) is 19.4 Å². The van der Waals surface area contributed by atoms with Crippen LogP contribution < -0.4 is 10.6 Å². The molecule has 2 aromatic carbocycles. The fourth-order valence-electron chi connectivity index (χ4n) is 4.30. The number of ether oxygens (including phenoxy) is 1. The molecule has 172 valence electrons. The van der Waals surface area contributed by atoms with Gasteiger partial charge in [0.2, 0.25) is 11.8 Å². The average molecular weight is 455 g/mol. The molecule has 1 aliphatic carbocycles. The number of hydrogen-bond donors (Lipinski definition) is 3. The van der Waals surface area contributed by atoms with Crippen LogP contribution in [0.15, 0.2) is 60.7 Å². The van der Waals surface area contributed by atoms with Crippen LogP contribution in [0.1, 0.15) is 36.8 Å². The van der Waals surface area contributed by atoms with Gasteiger partial charge in [0.1, 0.15) is 6.04 Å². The first-order valence-corrected chi connectivity index (χ1v) is 12.0. The second-order valence-corrected chi connectivity index (χ2v) is 8.89. The molecule has 1 fully saturated rings. The van der Waals surface area contributed by atoms with Crippen molar-refractivity contribution >= 4 is 24.4 Å². The van der Waals surface area contributed by atoms with Crippen molar-refractivity contribution in [2.24, 2.45) is 5.41 Å². The van der Waals surface area contributed by atoms with E-state index in [1.807, 2.05) is 48.5 Å². The third-order valence-corrected chi connectivity index (χ3v) is 7.02. The van der Waals surface area contributed by atoms with Crippen LogP contribution in [0, 0.1) is 5.41 Å². The number of carbonyl (C=O) groups is 2. The highest BCUT2D eigenvalue weighted by atomic mass is 32.1. The lowest BCUT2D eigenvalue weighted by atomic mass is 9.73. The highest BCUT2D eigenvalue weighted by Crippen LogP contribution is 2.39. The zero-order valence-electron chi connectivity index (χ0n) is 18.8. The van der Waals surface area contributed by atoms with Crippen molar-refractivity contribution in [3.8, 4) is 0 Å². The summed E-state index contributed by atoms with van der Waals surface area (Å²) in [6, 6.07) is 19.5. The molecular weight excluding hydrogens is 420 g/mol. The second-order valence-electron chi connectivity index (χ2n) is 8.57. The Labute approximate surface area is 196 Å². The molecule has 2 aromatic rings. The molecule has 0 bridgehead atoms. The summed E-state index contributed by atoms with van der Waals surface area (Å²) in [4.78, 5) is 25.7. The molecule has 5 nitrogen and oxygen atoms in total. The van der Waals surface area contributed by atoms with Gasteiger partial charge in [-0.25, -0.2) is 0 Å². The topological polar surface area (TPSA) is 67.4 Å². The molecule has 1 atom stereocenters.